The van der Waals surface area contributed by atoms with Crippen molar-refractivity contribution in [2.45, 2.75) is 57.2 Å². The molecule has 1 aliphatic carbocycles. The molecule has 1 rings (SSSR count). The Kier molecular flexibility index (Phi) is 3.51. The molecule has 2 nitrogen and oxygen atoms in total. The first-order valence-electron chi connectivity index (χ1n) is 5.09. The molecule has 2 N–H and O–H groups in total. The molecule has 1 atom stereocenters. The van der Waals surface area contributed by atoms with E-state index >= 15 is 0 Å². The van der Waals surface area contributed by atoms with E-state index in [0.717, 1.165) is 37.7 Å². The zero-order chi connectivity index (χ0) is 9.90. The first-order valence-corrected chi connectivity index (χ1v) is 5.09. The van der Waals surface area contributed by atoms with Gasteiger partial charge in [-0.1, -0.05) is 18.4 Å². The van der Waals surface area contributed by atoms with Crippen LogP contribution in [0.25, 0.3) is 0 Å². The molecule has 1 fully saturated rings. The zero-order valence-electron chi connectivity index (χ0n) is 8.42. The third kappa shape index (κ3) is 2.82. The highest BCUT2D eigenvalue weighted by molar-refractivity contribution is 4.95. The molecule has 0 aromatic rings. The molecule has 0 radical (unpaired) electrons. The van der Waals surface area contributed by atoms with Gasteiger partial charge >= 0.3 is 0 Å². The molecule has 13 heavy (non-hydrogen) atoms. The molecule has 0 aliphatic heterocycles. The highest BCUT2D eigenvalue weighted by atomic mass is 16.3. The molecule has 2 heteroatoms. The molecule has 0 aromatic heterocycles. The Labute approximate surface area is 80.3 Å². The van der Waals surface area contributed by atoms with Crippen LogP contribution in [0.15, 0.2) is 12.2 Å². The summed E-state index contributed by atoms with van der Waals surface area (Å²) in [6.45, 7) is 5.73. The lowest BCUT2D eigenvalue weighted by atomic mass is 9.91. The summed E-state index contributed by atoms with van der Waals surface area (Å²) in [7, 11) is 0. The average Bonchev–Trinajstić information content (AvgIpc) is 2.49. The molecule has 0 aromatic carbocycles. The summed E-state index contributed by atoms with van der Waals surface area (Å²) in [5, 5.41) is 19.8. The summed E-state index contributed by atoms with van der Waals surface area (Å²) in [5.41, 5.74) is 0.274. The summed E-state index contributed by atoms with van der Waals surface area (Å²) in [6, 6.07) is 0. The Morgan fingerprint density at radius 2 is 2.00 bits per heavy atom. The van der Waals surface area contributed by atoms with Crippen molar-refractivity contribution in [3.8, 4) is 0 Å². The fourth-order valence-electron chi connectivity index (χ4n) is 1.97. The van der Waals surface area contributed by atoms with Crippen LogP contribution < -0.4 is 0 Å². The van der Waals surface area contributed by atoms with Crippen LogP contribution >= 0.6 is 0 Å². The minimum Gasteiger partial charge on any atom is -0.390 e. The van der Waals surface area contributed by atoms with Crippen LogP contribution in [0.4, 0.5) is 0 Å². The van der Waals surface area contributed by atoms with E-state index in [1.165, 1.54) is 0 Å². The SMILES string of the molecule is C=C(C)CCC(O)C1(O)CCCC1. The molecule has 1 saturated carbocycles. The lowest BCUT2D eigenvalue weighted by molar-refractivity contribution is -0.0725. The van der Waals surface area contributed by atoms with Crippen molar-refractivity contribution in [3.05, 3.63) is 12.2 Å². The maximum atomic E-state index is 9.99. The van der Waals surface area contributed by atoms with Gasteiger partial charge in [-0.2, -0.15) is 0 Å². The second kappa shape index (κ2) is 4.25. The van der Waals surface area contributed by atoms with Gasteiger partial charge in [0.25, 0.3) is 0 Å². The largest absolute Gasteiger partial charge is 0.390 e. The van der Waals surface area contributed by atoms with Gasteiger partial charge in [0.1, 0.15) is 0 Å². The average molecular weight is 184 g/mol. The lowest BCUT2D eigenvalue weighted by Crippen LogP contribution is -2.39. The number of allylic oxidation sites excluding steroid dienone is 1. The third-order valence-electron chi connectivity index (χ3n) is 2.93. The normalized spacial score (nSPS) is 23.0. The van der Waals surface area contributed by atoms with Crippen LogP contribution in [-0.2, 0) is 0 Å². The van der Waals surface area contributed by atoms with Crippen molar-refractivity contribution in [1.82, 2.24) is 0 Å². The fraction of sp³-hybridized carbons (Fsp3) is 0.818. The maximum Gasteiger partial charge on any atom is 0.0905 e. The van der Waals surface area contributed by atoms with Crippen molar-refractivity contribution < 1.29 is 10.2 Å². The molecule has 76 valence electrons. The van der Waals surface area contributed by atoms with E-state index in [9.17, 15) is 10.2 Å². The molecule has 1 aliphatic rings. The van der Waals surface area contributed by atoms with E-state index in [4.69, 9.17) is 0 Å². The number of hydrogen-bond donors (Lipinski definition) is 2. The Morgan fingerprint density at radius 3 is 2.46 bits per heavy atom. The van der Waals surface area contributed by atoms with Gasteiger partial charge in [-0.05, 0) is 32.6 Å². The Morgan fingerprint density at radius 1 is 1.46 bits per heavy atom. The molecule has 0 saturated heterocycles. The van der Waals surface area contributed by atoms with Gasteiger partial charge < -0.3 is 10.2 Å². The van der Waals surface area contributed by atoms with Crippen molar-refractivity contribution in [2.75, 3.05) is 0 Å². The van der Waals surface area contributed by atoms with Crippen LogP contribution in [0.3, 0.4) is 0 Å². The Bertz CT molecular complexity index is 181. The molecular weight excluding hydrogens is 164 g/mol. The Hall–Kier alpha value is -0.340. The van der Waals surface area contributed by atoms with Gasteiger partial charge in [-0.3, -0.25) is 0 Å². The van der Waals surface area contributed by atoms with E-state index < -0.39 is 11.7 Å². The molecule has 0 bridgehead atoms. The Balaban J connectivity index is 2.37. The maximum absolute atomic E-state index is 9.99. The number of hydrogen-bond acceptors (Lipinski definition) is 2. The van der Waals surface area contributed by atoms with Gasteiger partial charge in [0.2, 0.25) is 0 Å². The van der Waals surface area contributed by atoms with Crippen LogP contribution in [-0.4, -0.2) is 21.9 Å². The van der Waals surface area contributed by atoms with Gasteiger partial charge in [0, 0.05) is 0 Å². The summed E-state index contributed by atoms with van der Waals surface area (Å²) in [6.07, 6.45) is 4.48. The monoisotopic (exact) mass is 184 g/mol. The van der Waals surface area contributed by atoms with Crippen molar-refractivity contribution in [3.63, 3.8) is 0 Å². The number of rotatable bonds is 4. The molecule has 0 amide bonds. The summed E-state index contributed by atoms with van der Waals surface area (Å²) >= 11 is 0. The van der Waals surface area contributed by atoms with E-state index in [1.807, 2.05) is 6.92 Å². The minimum atomic E-state index is -0.796. The third-order valence-corrected chi connectivity index (χ3v) is 2.93. The second-order valence-electron chi connectivity index (χ2n) is 4.32. The van der Waals surface area contributed by atoms with Crippen molar-refractivity contribution >= 4 is 0 Å². The van der Waals surface area contributed by atoms with Gasteiger partial charge in [-0.15, -0.1) is 6.58 Å². The lowest BCUT2D eigenvalue weighted by Gasteiger charge is -2.28. The number of aliphatic hydroxyl groups excluding tert-OH is 1. The van der Waals surface area contributed by atoms with Crippen LogP contribution in [0, 0.1) is 0 Å². The van der Waals surface area contributed by atoms with E-state index in [0.29, 0.717) is 6.42 Å². The molecule has 0 heterocycles. The second-order valence-corrected chi connectivity index (χ2v) is 4.32. The zero-order valence-corrected chi connectivity index (χ0v) is 8.42. The van der Waals surface area contributed by atoms with Crippen LogP contribution in [0.2, 0.25) is 0 Å². The molecule has 1 unspecified atom stereocenters. The standard InChI is InChI=1S/C11H20O2/c1-9(2)5-6-10(12)11(13)7-3-4-8-11/h10,12-13H,1,3-8H2,2H3. The quantitative estimate of drug-likeness (QED) is 0.656. The van der Waals surface area contributed by atoms with Crippen molar-refractivity contribution in [1.29, 1.82) is 0 Å². The molecule has 0 spiro atoms. The summed E-state index contributed by atoms with van der Waals surface area (Å²) in [5.74, 6) is 0. The number of aliphatic hydroxyl groups is 2. The summed E-state index contributed by atoms with van der Waals surface area (Å²) in [4.78, 5) is 0. The first kappa shape index (κ1) is 10.7. The summed E-state index contributed by atoms with van der Waals surface area (Å²) < 4.78 is 0. The van der Waals surface area contributed by atoms with Gasteiger partial charge in [0.15, 0.2) is 0 Å². The van der Waals surface area contributed by atoms with E-state index in [-0.39, 0.29) is 0 Å². The smallest absolute Gasteiger partial charge is 0.0905 e. The van der Waals surface area contributed by atoms with Gasteiger partial charge in [0.05, 0.1) is 11.7 Å². The highest BCUT2D eigenvalue weighted by Crippen LogP contribution is 2.34. The fourth-order valence-corrected chi connectivity index (χ4v) is 1.97. The predicted molar refractivity (Wildman–Crippen MR) is 53.5 cm³/mol. The minimum absolute atomic E-state index is 0.563. The predicted octanol–water partition coefficient (Wildman–Crippen LogP) is 2.01. The first-order chi connectivity index (χ1) is 6.04. The van der Waals surface area contributed by atoms with Crippen LogP contribution in [0.5, 0.6) is 0 Å². The highest BCUT2D eigenvalue weighted by Gasteiger charge is 2.37. The van der Waals surface area contributed by atoms with Gasteiger partial charge in [-0.25, -0.2) is 0 Å². The topological polar surface area (TPSA) is 40.5 Å². The van der Waals surface area contributed by atoms with Crippen molar-refractivity contribution in [2.24, 2.45) is 0 Å². The van der Waals surface area contributed by atoms with E-state index in [1.54, 1.807) is 0 Å². The molecular formula is C11H20O2. The van der Waals surface area contributed by atoms with Crippen LogP contribution in [0.1, 0.15) is 45.4 Å². The van der Waals surface area contributed by atoms with E-state index in [2.05, 4.69) is 6.58 Å².